The summed E-state index contributed by atoms with van der Waals surface area (Å²) in [5.41, 5.74) is 2.71. The van der Waals surface area contributed by atoms with Gasteiger partial charge in [-0.2, -0.15) is 0 Å². The summed E-state index contributed by atoms with van der Waals surface area (Å²) in [6, 6.07) is 14.5. The summed E-state index contributed by atoms with van der Waals surface area (Å²) in [5.74, 6) is -1.27. The summed E-state index contributed by atoms with van der Waals surface area (Å²) in [7, 11) is 0. The number of halogens is 1. The number of carboxylic acid groups (broad SMARTS) is 1. The number of hydrogen-bond acceptors (Lipinski definition) is 2. The van der Waals surface area contributed by atoms with Gasteiger partial charge in [-0.25, -0.2) is 9.18 Å². The number of hydrogen-bond donors (Lipinski definition) is 2. The third kappa shape index (κ3) is 3.80. The summed E-state index contributed by atoms with van der Waals surface area (Å²) in [6.07, 6.45) is 6.02. The summed E-state index contributed by atoms with van der Waals surface area (Å²) in [4.78, 5) is 12.2. The lowest BCUT2D eigenvalue weighted by Crippen LogP contribution is -2.31. The molecule has 1 saturated carbocycles. The van der Waals surface area contributed by atoms with Crippen molar-refractivity contribution in [3.63, 3.8) is 0 Å². The molecule has 0 unspecified atom stereocenters. The second-order valence-corrected chi connectivity index (χ2v) is 7.58. The van der Waals surface area contributed by atoms with Crippen LogP contribution in [0.4, 0.5) is 4.39 Å². The lowest BCUT2D eigenvalue weighted by molar-refractivity contribution is 0.0684. The van der Waals surface area contributed by atoms with E-state index in [-0.39, 0.29) is 11.5 Å². The van der Waals surface area contributed by atoms with Gasteiger partial charge in [0, 0.05) is 35.6 Å². The monoisotopic (exact) mass is 380 g/mol. The number of aromatic carboxylic acids is 1. The number of nitrogens with zero attached hydrogens (tertiary/aromatic N) is 1. The first-order valence-corrected chi connectivity index (χ1v) is 9.94. The maximum Gasteiger partial charge on any atom is 0.352 e. The molecule has 0 radical (unpaired) electrons. The van der Waals surface area contributed by atoms with Crippen LogP contribution >= 0.6 is 0 Å². The van der Waals surface area contributed by atoms with E-state index in [1.165, 1.54) is 31.4 Å². The number of para-hydroxylation sites is 1. The largest absolute Gasteiger partial charge is 0.477 e. The van der Waals surface area contributed by atoms with E-state index >= 15 is 0 Å². The number of fused-ring (bicyclic) bond motifs is 1. The first-order chi connectivity index (χ1) is 13.6. The maximum atomic E-state index is 13.6. The van der Waals surface area contributed by atoms with Crippen molar-refractivity contribution in [3.8, 4) is 0 Å². The van der Waals surface area contributed by atoms with E-state index in [2.05, 4.69) is 5.32 Å². The van der Waals surface area contributed by atoms with E-state index < -0.39 is 5.97 Å². The Hall–Kier alpha value is -2.66. The van der Waals surface area contributed by atoms with Gasteiger partial charge in [-0.1, -0.05) is 49.6 Å². The molecular formula is C23H25FN2O2. The van der Waals surface area contributed by atoms with Crippen molar-refractivity contribution in [2.75, 3.05) is 0 Å². The highest BCUT2D eigenvalue weighted by Crippen LogP contribution is 2.28. The highest BCUT2D eigenvalue weighted by Gasteiger charge is 2.23. The van der Waals surface area contributed by atoms with Crippen LogP contribution in [0.2, 0.25) is 0 Å². The quantitative estimate of drug-likeness (QED) is 0.636. The number of carboxylic acids is 1. The second kappa shape index (κ2) is 8.15. The minimum absolute atomic E-state index is 0.286. The molecule has 3 aromatic rings. The minimum Gasteiger partial charge on any atom is -0.477 e. The zero-order valence-electron chi connectivity index (χ0n) is 15.8. The smallest absolute Gasteiger partial charge is 0.352 e. The van der Waals surface area contributed by atoms with Crippen molar-refractivity contribution in [2.45, 2.75) is 51.2 Å². The van der Waals surface area contributed by atoms with Gasteiger partial charge in [0.15, 0.2) is 0 Å². The lowest BCUT2D eigenvalue weighted by atomic mass is 9.95. The van der Waals surface area contributed by atoms with Crippen molar-refractivity contribution in [1.29, 1.82) is 0 Å². The van der Waals surface area contributed by atoms with Crippen molar-refractivity contribution < 1.29 is 14.3 Å². The van der Waals surface area contributed by atoms with Crippen LogP contribution in [0.15, 0.2) is 48.5 Å². The molecule has 1 heterocycles. The fourth-order valence-electron chi connectivity index (χ4n) is 4.33. The molecule has 0 spiro atoms. The van der Waals surface area contributed by atoms with Gasteiger partial charge in [0.05, 0.1) is 0 Å². The zero-order valence-corrected chi connectivity index (χ0v) is 15.8. The molecule has 28 heavy (non-hydrogen) atoms. The highest BCUT2D eigenvalue weighted by molar-refractivity contribution is 5.98. The Bertz CT molecular complexity index is 989. The van der Waals surface area contributed by atoms with E-state index in [4.69, 9.17) is 0 Å². The number of rotatable bonds is 6. The van der Waals surface area contributed by atoms with Crippen LogP contribution in [-0.4, -0.2) is 21.7 Å². The van der Waals surface area contributed by atoms with Crippen LogP contribution in [-0.2, 0) is 13.1 Å². The molecule has 1 aliphatic carbocycles. The predicted molar refractivity (Wildman–Crippen MR) is 108 cm³/mol. The minimum atomic E-state index is -0.951. The van der Waals surface area contributed by atoms with Gasteiger partial charge < -0.3 is 15.0 Å². The molecule has 0 amide bonds. The molecule has 1 fully saturated rings. The standard InChI is InChI=1S/C23H25FN2O2/c24-17-8-6-7-16(13-17)15-26-21-12-5-4-11-19(21)20(22(26)23(27)28)14-25-18-9-2-1-3-10-18/h4-8,11-13,18,25H,1-3,9-10,14-15H2,(H,27,28). The summed E-state index contributed by atoms with van der Waals surface area (Å²) in [5, 5.41) is 14.5. The van der Waals surface area contributed by atoms with Crippen LogP contribution < -0.4 is 5.32 Å². The van der Waals surface area contributed by atoms with Crippen LogP contribution in [0, 0.1) is 5.82 Å². The van der Waals surface area contributed by atoms with Crippen LogP contribution in [0.5, 0.6) is 0 Å². The molecule has 4 rings (SSSR count). The third-order valence-electron chi connectivity index (χ3n) is 5.68. The molecule has 2 aromatic carbocycles. The summed E-state index contributed by atoms with van der Waals surface area (Å²) < 4.78 is 15.4. The van der Waals surface area contributed by atoms with Crippen molar-refractivity contribution in [3.05, 3.63) is 71.2 Å². The fraction of sp³-hybridized carbons (Fsp3) is 0.348. The van der Waals surface area contributed by atoms with Gasteiger partial charge in [-0.05, 0) is 36.6 Å². The Morgan fingerprint density at radius 2 is 1.89 bits per heavy atom. The van der Waals surface area contributed by atoms with Crippen molar-refractivity contribution in [1.82, 2.24) is 9.88 Å². The van der Waals surface area contributed by atoms with Crippen LogP contribution in [0.3, 0.4) is 0 Å². The Morgan fingerprint density at radius 3 is 2.64 bits per heavy atom. The Morgan fingerprint density at radius 1 is 1.11 bits per heavy atom. The van der Waals surface area contributed by atoms with Gasteiger partial charge >= 0.3 is 5.97 Å². The normalized spacial score (nSPS) is 15.2. The highest BCUT2D eigenvalue weighted by atomic mass is 19.1. The molecule has 0 aliphatic heterocycles. The molecule has 0 atom stereocenters. The van der Waals surface area contributed by atoms with Gasteiger partial charge in [-0.15, -0.1) is 0 Å². The number of aromatic nitrogens is 1. The first kappa shape index (κ1) is 18.7. The Kier molecular flexibility index (Phi) is 5.44. The van der Waals surface area contributed by atoms with Crippen molar-refractivity contribution in [2.24, 2.45) is 0 Å². The Labute approximate surface area is 164 Å². The number of benzene rings is 2. The average molecular weight is 380 g/mol. The molecule has 0 saturated heterocycles. The molecule has 2 N–H and O–H groups in total. The lowest BCUT2D eigenvalue weighted by Gasteiger charge is -2.23. The first-order valence-electron chi connectivity index (χ1n) is 9.94. The van der Waals surface area contributed by atoms with Crippen LogP contribution in [0.1, 0.15) is 53.7 Å². The predicted octanol–water partition coefficient (Wildman–Crippen LogP) is 4.95. The summed E-state index contributed by atoms with van der Waals surface area (Å²) in [6.45, 7) is 0.853. The number of carbonyl (C=O) groups is 1. The molecular weight excluding hydrogens is 355 g/mol. The van der Waals surface area contributed by atoms with E-state index in [1.54, 1.807) is 10.6 Å². The summed E-state index contributed by atoms with van der Waals surface area (Å²) >= 11 is 0. The van der Waals surface area contributed by atoms with E-state index in [0.29, 0.717) is 19.1 Å². The van der Waals surface area contributed by atoms with Gasteiger partial charge in [0.25, 0.3) is 0 Å². The molecule has 5 heteroatoms. The van der Waals surface area contributed by atoms with Crippen LogP contribution in [0.25, 0.3) is 10.9 Å². The van der Waals surface area contributed by atoms with Gasteiger partial charge in [0.1, 0.15) is 11.5 Å². The Balaban J connectivity index is 1.73. The van der Waals surface area contributed by atoms with E-state index in [1.807, 2.05) is 30.3 Å². The second-order valence-electron chi connectivity index (χ2n) is 7.58. The van der Waals surface area contributed by atoms with E-state index in [9.17, 15) is 14.3 Å². The van der Waals surface area contributed by atoms with E-state index in [0.717, 1.165) is 34.9 Å². The molecule has 1 aromatic heterocycles. The molecule has 1 aliphatic rings. The maximum absolute atomic E-state index is 13.6. The van der Waals surface area contributed by atoms with Gasteiger partial charge in [0.2, 0.25) is 0 Å². The zero-order chi connectivity index (χ0) is 19.5. The molecule has 4 nitrogen and oxygen atoms in total. The SMILES string of the molecule is O=C(O)c1c(CNC2CCCCC2)c2ccccc2n1Cc1cccc(F)c1. The average Bonchev–Trinajstić information content (AvgIpc) is 3.01. The molecule has 0 bridgehead atoms. The molecule has 146 valence electrons. The fourth-order valence-corrected chi connectivity index (χ4v) is 4.33. The topological polar surface area (TPSA) is 54.3 Å². The third-order valence-corrected chi connectivity index (χ3v) is 5.68. The van der Waals surface area contributed by atoms with Crippen molar-refractivity contribution >= 4 is 16.9 Å². The van der Waals surface area contributed by atoms with Gasteiger partial charge in [-0.3, -0.25) is 0 Å². The number of nitrogens with one attached hydrogen (secondary N) is 1.